The van der Waals surface area contributed by atoms with Crippen molar-refractivity contribution >= 4 is 27.0 Å². The Morgan fingerprint density at radius 3 is 2.45 bits per heavy atom. The van der Waals surface area contributed by atoms with Gasteiger partial charge in [0.15, 0.2) is 0 Å². The fraction of sp³-hybridized carbons (Fsp3) is 0.250. The van der Waals surface area contributed by atoms with Gasteiger partial charge in [-0.05, 0) is 41.8 Å². The van der Waals surface area contributed by atoms with E-state index in [9.17, 15) is 27.1 Å². The molecule has 0 radical (unpaired) electrons. The van der Waals surface area contributed by atoms with Gasteiger partial charge in [-0.1, -0.05) is 30.3 Å². The van der Waals surface area contributed by atoms with Crippen LogP contribution in [0.15, 0.2) is 59.5 Å². The van der Waals surface area contributed by atoms with Crippen molar-refractivity contribution < 1.29 is 27.1 Å². The number of aromatic hydroxyl groups is 1. The molecule has 0 saturated heterocycles. The summed E-state index contributed by atoms with van der Waals surface area (Å²) in [4.78, 5) is 13.6. The van der Waals surface area contributed by atoms with Gasteiger partial charge in [-0.25, -0.2) is 8.42 Å². The Morgan fingerprint density at radius 2 is 1.83 bits per heavy atom. The highest BCUT2D eigenvalue weighted by atomic mass is 32.2. The maximum Gasteiger partial charge on any atom is 0.341 e. The number of phenolic OH excluding ortho intramolecular Hbond substituents is 1. The lowest BCUT2D eigenvalue weighted by atomic mass is 9.99. The quantitative estimate of drug-likeness (QED) is 0.747. The number of para-hydroxylation sites is 1. The number of sulfone groups is 1. The average molecular weight is 422 g/mol. The molecule has 154 valence electrons. The Labute approximate surface area is 167 Å². The van der Waals surface area contributed by atoms with Gasteiger partial charge in [0.05, 0.1) is 17.1 Å². The van der Waals surface area contributed by atoms with Crippen LogP contribution in [-0.4, -0.2) is 49.7 Å². The molecule has 2 aromatic rings. The summed E-state index contributed by atoms with van der Waals surface area (Å²) in [5.41, 5.74) is 1.95. The van der Waals surface area contributed by atoms with Crippen LogP contribution in [0.1, 0.15) is 12.0 Å². The van der Waals surface area contributed by atoms with E-state index in [0.29, 0.717) is 19.5 Å². The molecule has 0 unspecified atom stereocenters. The van der Waals surface area contributed by atoms with Gasteiger partial charge >= 0.3 is 5.76 Å². The van der Waals surface area contributed by atoms with Crippen LogP contribution in [0.5, 0.6) is 5.75 Å². The Hall–Kier alpha value is -2.78. The Morgan fingerprint density at radius 1 is 1.14 bits per heavy atom. The van der Waals surface area contributed by atoms with Crippen molar-refractivity contribution in [2.24, 2.45) is 0 Å². The van der Waals surface area contributed by atoms with Crippen LogP contribution >= 0.6 is 0 Å². The minimum absolute atomic E-state index is 0.00240. The van der Waals surface area contributed by atoms with Gasteiger partial charge in [0.2, 0.25) is 15.7 Å². The number of hydrogen-bond donors (Lipinski definition) is 2. The highest BCUT2D eigenvalue weighted by Crippen LogP contribution is 2.27. The molecule has 1 aliphatic heterocycles. The number of hydrogen-bond acceptors (Lipinski definition) is 5. The molecule has 9 heteroatoms. The van der Waals surface area contributed by atoms with Crippen molar-refractivity contribution in [1.82, 2.24) is 4.90 Å². The third-order valence-electron chi connectivity index (χ3n) is 4.60. The first-order valence-electron chi connectivity index (χ1n) is 8.89. The summed E-state index contributed by atoms with van der Waals surface area (Å²) in [6.07, 6.45) is 2.69. The van der Waals surface area contributed by atoms with E-state index < -0.39 is 26.4 Å². The summed E-state index contributed by atoms with van der Waals surface area (Å²) in [6, 6.07) is 12.0. The number of alkyl halides is 2. The Kier molecular flexibility index (Phi) is 6.29. The van der Waals surface area contributed by atoms with Crippen LogP contribution < -0.4 is 5.32 Å². The number of nitrogens with one attached hydrogen (secondary N) is 1. The predicted octanol–water partition coefficient (Wildman–Crippen LogP) is 3.12. The molecule has 1 aliphatic rings. The van der Waals surface area contributed by atoms with E-state index in [1.54, 1.807) is 12.1 Å². The molecular weight excluding hydrogens is 402 g/mol. The molecule has 0 spiro atoms. The normalized spacial score (nSPS) is 15.2. The van der Waals surface area contributed by atoms with Crippen molar-refractivity contribution in [2.45, 2.75) is 17.1 Å². The molecule has 1 heterocycles. The van der Waals surface area contributed by atoms with E-state index in [0.717, 1.165) is 17.2 Å². The lowest BCUT2D eigenvalue weighted by Crippen LogP contribution is -2.36. The summed E-state index contributed by atoms with van der Waals surface area (Å²) in [6.45, 7) is 1.13. The first kappa shape index (κ1) is 20.9. The van der Waals surface area contributed by atoms with Gasteiger partial charge in [-0.3, -0.25) is 9.69 Å². The summed E-state index contributed by atoms with van der Waals surface area (Å²) in [5, 5.41) is 11.8. The molecule has 0 aromatic heterocycles. The van der Waals surface area contributed by atoms with Crippen LogP contribution in [-0.2, 0) is 14.6 Å². The maximum absolute atomic E-state index is 12.9. The number of amides is 1. The minimum atomic E-state index is -4.82. The number of phenols is 1. The van der Waals surface area contributed by atoms with Crippen LogP contribution in [0, 0.1) is 0 Å². The lowest BCUT2D eigenvalue weighted by molar-refractivity contribution is -0.117. The molecular formula is C20H20F2N2O4S. The second-order valence-electron chi connectivity index (χ2n) is 6.61. The number of anilines is 1. The van der Waals surface area contributed by atoms with Crippen molar-refractivity contribution in [3.63, 3.8) is 0 Å². The molecule has 1 amide bonds. The van der Waals surface area contributed by atoms with Gasteiger partial charge in [-0.15, -0.1) is 0 Å². The van der Waals surface area contributed by atoms with E-state index >= 15 is 0 Å². The van der Waals surface area contributed by atoms with Gasteiger partial charge in [0.1, 0.15) is 5.75 Å². The van der Waals surface area contributed by atoms with Crippen LogP contribution in [0.4, 0.5) is 14.5 Å². The average Bonchev–Trinajstić information content (AvgIpc) is 2.69. The third kappa shape index (κ3) is 4.99. The maximum atomic E-state index is 12.9. The Balaban J connectivity index is 1.64. The number of carbonyl (C=O) groups is 1. The molecule has 2 aromatic carbocycles. The number of carbonyl (C=O) groups excluding carboxylic acids is 1. The molecule has 29 heavy (non-hydrogen) atoms. The van der Waals surface area contributed by atoms with E-state index in [2.05, 4.69) is 5.32 Å². The summed E-state index contributed by atoms with van der Waals surface area (Å²) in [5.74, 6) is -3.85. The SMILES string of the molecule is O=C(CN1CC=C(c2ccc(O)cc2)CC1)Nc1ccccc1S(=O)(=O)C(F)F. The number of halogens is 2. The predicted molar refractivity (Wildman–Crippen MR) is 105 cm³/mol. The second kappa shape index (κ2) is 8.71. The molecule has 0 saturated carbocycles. The van der Waals surface area contributed by atoms with Crippen molar-refractivity contribution in [1.29, 1.82) is 0 Å². The van der Waals surface area contributed by atoms with E-state index in [1.807, 2.05) is 23.1 Å². The number of benzene rings is 2. The molecule has 0 bridgehead atoms. The van der Waals surface area contributed by atoms with Gasteiger partial charge in [0, 0.05) is 13.1 Å². The van der Waals surface area contributed by atoms with Gasteiger partial charge in [0.25, 0.3) is 0 Å². The van der Waals surface area contributed by atoms with Gasteiger partial charge in [-0.2, -0.15) is 8.78 Å². The standard InChI is InChI=1S/C20H20F2N2O4S/c21-20(22)29(27,28)18-4-2-1-3-17(18)23-19(26)13-24-11-9-15(10-12-24)14-5-7-16(25)8-6-14/h1-9,20,25H,10-13H2,(H,23,26). The largest absolute Gasteiger partial charge is 0.508 e. The molecule has 0 atom stereocenters. The third-order valence-corrected chi connectivity index (χ3v) is 6.04. The zero-order valence-electron chi connectivity index (χ0n) is 15.4. The molecule has 3 rings (SSSR count). The fourth-order valence-corrected chi connectivity index (χ4v) is 3.99. The fourth-order valence-electron chi connectivity index (χ4n) is 3.10. The van der Waals surface area contributed by atoms with Gasteiger partial charge < -0.3 is 10.4 Å². The van der Waals surface area contributed by atoms with Crippen LogP contribution in [0.25, 0.3) is 5.57 Å². The second-order valence-corrected chi connectivity index (χ2v) is 8.50. The molecule has 0 aliphatic carbocycles. The molecule has 0 fully saturated rings. The van der Waals surface area contributed by atoms with E-state index in [1.165, 1.54) is 18.2 Å². The van der Waals surface area contributed by atoms with Crippen LogP contribution in [0.3, 0.4) is 0 Å². The molecule has 6 nitrogen and oxygen atoms in total. The van der Waals surface area contributed by atoms with Crippen molar-refractivity contribution in [3.05, 3.63) is 60.2 Å². The summed E-state index contributed by atoms with van der Waals surface area (Å²) >= 11 is 0. The monoisotopic (exact) mass is 422 g/mol. The first-order chi connectivity index (χ1) is 13.8. The van der Waals surface area contributed by atoms with Crippen molar-refractivity contribution in [2.75, 3.05) is 25.0 Å². The summed E-state index contributed by atoms with van der Waals surface area (Å²) in [7, 11) is -4.82. The lowest BCUT2D eigenvalue weighted by Gasteiger charge is -2.26. The smallest absolute Gasteiger partial charge is 0.341 e. The van der Waals surface area contributed by atoms with Crippen LogP contribution in [0.2, 0.25) is 0 Å². The number of rotatable bonds is 6. The zero-order valence-corrected chi connectivity index (χ0v) is 16.2. The summed E-state index contributed by atoms with van der Waals surface area (Å²) < 4.78 is 49.3. The topological polar surface area (TPSA) is 86.7 Å². The van der Waals surface area contributed by atoms with E-state index in [-0.39, 0.29) is 18.0 Å². The van der Waals surface area contributed by atoms with E-state index in [4.69, 9.17) is 0 Å². The Bertz CT molecular complexity index is 1020. The van der Waals surface area contributed by atoms with Crippen molar-refractivity contribution in [3.8, 4) is 5.75 Å². The zero-order chi connectivity index (χ0) is 21.0. The first-order valence-corrected chi connectivity index (χ1v) is 10.4. The highest BCUT2D eigenvalue weighted by Gasteiger charge is 2.29. The molecule has 2 N–H and O–H groups in total. The number of nitrogens with zero attached hydrogens (tertiary/aromatic N) is 1. The minimum Gasteiger partial charge on any atom is -0.508 e. The highest BCUT2D eigenvalue weighted by molar-refractivity contribution is 7.91.